The molecule has 0 spiro atoms. The Balaban J connectivity index is 0.00000484. The van der Waals surface area contributed by atoms with Gasteiger partial charge in [-0.25, -0.2) is 9.36 Å². The quantitative estimate of drug-likeness (QED) is 0.293. The summed E-state index contributed by atoms with van der Waals surface area (Å²) >= 11 is 0. The summed E-state index contributed by atoms with van der Waals surface area (Å²) in [7, 11) is 0. The van der Waals surface area contributed by atoms with Crippen molar-refractivity contribution in [2.24, 2.45) is 5.73 Å². The number of carbonyl (C=O) groups excluding carboxylic acids is 2. The molecule has 0 fully saturated rings. The van der Waals surface area contributed by atoms with E-state index in [2.05, 4.69) is 5.32 Å². The number of carbonyl (C=O) groups is 3. The van der Waals surface area contributed by atoms with Crippen molar-refractivity contribution in [1.82, 2.24) is 5.32 Å². The Bertz CT molecular complexity index is 511. The normalized spacial score (nSPS) is 11.1. The molecule has 4 N–H and O–H groups in total. The summed E-state index contributed by atoms with van der Waals surface area (Å²) in [5.74, 6) is -2.07. The average Bonchev–Trinajstić information content (AvgIpc) is 2.48. The summed E-state index contributed by atoms with van der Waals surface area (Å²) in [5, 5.41) is 11.4. The summed E-state index contributed by atoms with van der Waals surface area (Å²) < 4.78 is 2.02. The summed E-state index contributed by atoms with van der Waals surface area (Å²) in [6.07, 6.45) is 5.58. The third-order valence-electron chi connectivity index (χ3n) is 3.16. The van der Waals surface area contributed by atoms with Gasteiger partial charge < -0.3 is 33.1 Å². The van der Waals surface area contributed by atoms with E-state index in [0.717, 1.165) is 13.0 Å². The lowest BCUT2D eigenvalue weighted by atomic mass is 10.1. The van der Waals surface area contributed by atoms with Gasteiger partial charge in [-0.15, -0.1) is 0 Å². The number of unbranched alkanes of at least 4 members (excludes halogenated alkanes) is 1. The molecular weight excluding hydrogens is 366 g/mol. The minimum absolute atomic E-state index is 0. The zero-order valence-corrected chi connectivity index (χ0v) is 14.4. The van der Waals surface area contributed by atoms with Gasteiger partial charge in [-0.3, -0.25) is 9.59 Å². The standard InChI is InChI=1S/C15H21N3O4.BrH/c16-13(19)8-7-12(15(21)22)17-14(20)6-2-5-11-18-9-3-1-4-10-18;/h1,3-4,9-10,12H,2,5-8,11H2,(H3-,16,17,19,20,21,22);1H. The molecule has 0 aliphatic carbocycles. The fourth-order valence-corrected chi connectivity index (χ4v) is 1.97. The van der Waals surface area contributed by atoms with Gasteiger partial charge in [-0.2, -0.15) is 0 Å². The maximum absolute atomic E-state index is 11.7. The molecule has 0 radical (unpaired) electrons. The second-order valence-corrected chi connectivity index (χ2v) is 5.03. The Morgan fingerprint density at radius 2 is 1.74 bits per heavy atom. The molecule has 0 saturated heterocycles. The maximum atomic E-state index is 11.7. The van der Waals surface area contributed by atoms with Crippen molar-refractivity contribution in [2.45, 2.75) is 44.7 Å². The van der Waals surface area contributed by atoms with Crippen molar-refractivity contribution in [2.75, 3.05) is 0 Å². The number of hydrogen-bond donors (Lipinski definition) is 3. The molecule has 2 amide bonds. The molecule has 8 heteroatoms. The lowest BCUT2D eigenvalue weighted by Crippen LogP contribution is -3.00. The van der Waals surface area contributed by atoms with E-state index in [9.17, 15) is 14.4 Å². The molecule has 1 heterocycles. The number of nitrogens with two attached hydrogens (primary N) is 1. The van der Waals surface area contributed by atoms with Crippen molar-refractivity contribution in [3.8, 4) is 0 Å². The number of carboxylic acid groups (broad SMARTS) is 1. The van der Waals surface area contributed by atoms with E-state index in [1.807, 2.05) is 35.2 Å². The summed E-state index contributed by atoms with van der Waals surface area (Å²) in [5.41, 5.74) is 4.98. The second kappa shape index (κ2) is 11.6. The molecule has 1 atom stereocenters. The van der Waals surface area contributed by atoms with Crippen LogP contribution in [0.4, 0.5) is 0 Å². The first kappa shape index (κ1) is 21.0. The van der Waals surface area contributed by atoms with Gasteiger partial charge in [0, 0.05) is 31.4 Å². The fraction of sp³-hybridized carbons (Fsp3) is 0.467. The van der Waals surface area contributed by atoms with Gasteiger partial charge in [0.1, 0.15) is 12.6 Å². The van der Waals surface area contributed by atoms with Crippen LogP contribution in [0.5, 0.6) is 0 Å². The summed E-state index contributed by atoms with van der Waals surface area (Å²) in [4.78, 5) is 33.4. The molecule has 128 valence electrons. The highest BCUT2D eigenvalue weighted by Gasteiger charge is 2.20. The van der Waals surface area contributed by atoms with Crippen LogP contribution >= 0.6 is 0 Å². The van der Waals surface area contributed by atoms with Gasteiger partial charge in [0.25, 0.3) is 0 Å². The molecule has 0 aliphatic rings. The van der Waals surface area contributed by atoms with Crippen LogP contribution in [0.2, 0.25) is 0 Å². The number of primary amides is 1. The summed E-state index contributed by atoms with van der Waals surface area (Å²) in [6.45, 7) is 0.804. The maximum Gasteiger partial charge on any atom is 0.326 e. The zero-order chi connectivity index (χ0) is 16.4. The number of rotatable bonds is 10. The number of aliphatic carboxylic acids is 1. The molecular formula is C15H22BrN3O4. The number of nitrogens with zero attached hydrogens (tertiary/aromatic N) is 1. The lowest BCUT2D eigenvalue weighted by molar-refractivity contribution is -0.697. The van der Waals surface area contributed by atoms with Gasteiger partial charge in [0.2, 0.25) is 11.8 Å². The fourth-order valence-electron chi connectivity index (χ4n) is 1.97. The van der Waals surface area contributed by atoms with Crippen molar-refractivity contribution in [1.29, 1.82) is 0 Å². The van der Waals surface area contributed by atoms with E-state index in [1.165, 1.54) is 0 Å². The highest BCUT2D eigenvalue weighted by molar-refractivity contribution is 5.84. The predicted molar refractivity (Wildman–Crippen MR) is 78.5 cm³/mol. The van der Waals surface area contributed by atoms with Crippen molar-refractivity contribution < 1.29 is 41.0 Å². The summed E-state index contributed by atoms with van der Waals surface area (Å²) in [6, 6.07) is 4.73. The van der Waals surface area contributed by atoms with Gasteiger partial charge in [-0.1, -0.05) is 6.07 Å². The van der Waals surface area contributed by atoms with Crippen LogP contribution in [0.25, 0.3) is 0 Å². The van der Waals surface area contributed by atoms with Crippen LogP contribution in [0.3, 0.4) is 0 Å². The number of halogens is 1. The first-order valence-corrected chi connectivity index (χ1v) is 7.23. The molecule has 0 saturated carbocycles. The molecule has 1 aromatic rings. The van der Waals surface area contributed by atoms with Crippen LogP contribution in [-0.4, -0.2) is 28.9 Å². The van der Waals surface area contributed by atoms with E-state index in [1.54, 1.807) is 0 Å². The smallest absolute Gasteiger partial charge is 0.326 e. The van der Waals surface area contributed by atoms with Crippen molar-refractivity contribution in [3.05, 3.63) is 30.6 Å². The first-order chi connectivity index (χ1) is 10.5. The van der Waals surface area contributed by atoms with E-state index in [4.69, 9.17) is 10.8 Å². The molecule has 7 nitrogen and oxygen atoms in total. The Kier molecular flexibility index (Phi) is 10.6. The number of hydrogen-bond acceptors (Lipinski definition) is 3. The highest BCUT2D eigenvalue weighted by Crippen LogP contribution is 2.01. The lowest BCUT2D eigenvalue weighted by Gasteiger charge is -2.13. The van der Waals surface area contributed by atoms with Crippen LogP contribution in [0, 0.1) is 0 Å². The number of aryl methyl sites for hydroxylation is 1. The molecule has 1 unspecified atom stereocenters. The Hall–Kier alpha value is -1.96. The van der Waals surface area contributed by atoms with Gasteiger partial charge >= 0.3 is 5.97 Å². The first-order valence-electron chi connectivity index (χ1n) is 7.23. The van der Waals surface area contributed by atoms with E-state index >= 15 is 0 Å². The Morgan fingerprint density at radius 3 is 2.30 bits per heavy atom. The van der Waals surface area contributed by atoms with Crippen molar-refractivity contribution in [3.63, 3.8) is 0 Å². The zero-order valence-electron chi connectivity index (χ0n) is 12.8. The van der Waals surface area contributed by atoms with E-state index in [0.29, 0.717) is 6.42 Å². The molecule has 23 heavy (non-hydrogen) atoms. The number of nitrogens with one attached hydrogen (secondary N) is 1. The van der Waals surface area contributed by atoms with Crippen LogP contribution in [0.15, 0.2) is 30.6 Å². The Morgan fingerprint density at radius 1 is 1.09 bits per heavy atom. The number of aromatic nitrogens is 1. The van der Waals surface area contributed by atoms with Crippen LogP contribution in [0.1, 0.15) is 32.1 Å². The number of carboxylic acids is 1. The number of amides is 2. The monoisotopic (exact) mass is 387 g/mol. The topological polar surface area (TPSA) is 113 Å². The second-order valence-electron chi connectivity index (χ2n) is 5.03. The van der Waals surface area contributed by atoms with Crippen molar-refractivity contribution >= 4 is 17.8 Å². The number of pyridine rings is 1. The average molecular weight is 388 g/mol. The minimum Gasteiger partial charge on any atom is -1.00 e. The predicted octanol–water partition coefficient (Wildman–Crippen LogP) is -3.02. The largest absolute Gasteiger partial charge is 1.00 e. The molecule has 1 aromatic heterocycles. The van der Waals surface area contributed by atoms with Crippen LogP contribution in [-0.2, 0) is 20.9 Å². The van der Waals surface area contributed by atoms with Crippen LogP contribution < -0.4 is 32.6 Å². The minimum atomic E-state index is -1.16. The van der Waals surface area contributed by atoms with Gasteiger partial charge in [0.15, 0.2) is 12.4 Å². The Labute approximate surface area is 145 Å². The SMILES string of the molecule is NC(=O)CCC(NC(=O)CCCC[n+]1ccccc1)C(=O)O.[Br-]. The molecule has 1 rings (SSSR count). The third kappa shape index (κ3) is 9.62. The molecule has 0 aromatic carbocycles. The highest BCUT2D eigenvalue weighted by atomic mass is 79.9. The molecule has 0 bridgehead atoms. The molecule has 0 aliphatic heterocycles. The van der Waals surface area contributed by atoms with Gasteiger partial charge in [0.05, 0.1) is 0 Å². The van der Waals surface area contributed by atoms with Gasteiger partial charge in [-0.05, 0) is 12.8 Å². The van der Waals surface area contributed by atoms with E-state index in [-0.39, 0.29) is 42.2 Å². The third-order valence-corrected chi connectivity index (χ3v) is 3.16. The van der Waals surface area contributed by atoms with E-state index < -0.39 is 17.9 Å².